The van der Waals surface area contributed by atoms with Gasteiger partial charge in [0.15, 0.2) is 0 Å². The first kappa shape index (κ1) is 17.4. The van der Waals surface area contributed by atoms with Gasteiger partial charge in [-0.3, -0.25) is 0 Å². The van der Waals surface area contributed by atoms with Crippen molar-refractivity contribution in [2.45, 2.75) is 98.0 Å². The lowest BCUT2D eigenvalue weighted by atomic mass is 9.44. The summed E-state index contributed by atoms with van der Waals surface area (Å²) in [7, 11) is 0. The molecule has 0 aliphatic heterocycles. The summed E-state index contributed by atoms with van der Waals surface area (Å²) >= 11 is 0. The molecule has 0 amide bonds. The van der Waals surface area contributed by atoms with Gasteiger partial charge in [0, 0.05) is 0 Å². The van der Waals surface area contributed by atoms with E-state index in [4.69, 9.17) is 0 Å². The van der Waals surface area contributed by atoms with Gasteiger partial charge in [0.25, 0.3) is 0 Å². The summed E-state index contributed by atoms with van der Waals surface area (Å²) in [4.78, 5) is 0. The zero-order valence-electron chi connectivity index (χ0n) is 16.6. The number of fused-ring (bicyclic) bond motifs is 5. The van der Waals surface area contributed by atoms with Crippen molar-refractivity contribution in [2.24, 2.45) is 46.3 Å². The van der Waals surface area contributed by atoms with E-state index in [1.807, 2.05) is 0 Å². The fourth-order valence-corrected chi connectivity index (χ4v) is 8.63. The molecular weight excluding hydrogens is 292 g/mol. The van der Waals surface area contributed by atoms with Crippen LogP contribution in [-0.2, 0) is 0 Å². The molecule has 1 nitrogen and oxygen atoms in total. The number of aliphatic hydroxyl groups is 1. The van der Waals surface area contributed by atoms with Crippen molar-refractivity contribution in [3.63, 3.8) is 0 Å². The number of hydrogen-bond donors (Lipinski definition) is 1. The van der Waals surface area contributed by atoms with E-state index < -0.39 is 0 Å². The van der Waals surface area contributed by atoms with Crippen LogP contribution in [0.1, 0.15) is 91.9 Å². The van der Waals surface area contributed by atoms with Crippen molar-refractivity contribution in [3.8, 4) is 0 Å². The van der Waals surface area contributed by atoms with Crippen LogP contribution in [0.3, 0.4) is 0 Å². The van der Waals surface area contributed by atoms with Crippen LogP contribution in [0.5, 0.6) is 0 Å². The lowest BCUT2D eigenvalue weighted by Crippen LogP contribution is -2.53. The van der Waals surface area contributed by atoms with E-state index in [-0.39, 0.29) is 6.10 Å². The molecule has 4 aliphatic rings. The Balaban J connectivity index is 1.63. The summed E-state index contributed by atoms with van der Waals surface area (Å²) in [6, 6.07) is 0. The number of hydrogen-bond acceptors (Lipinski definition) is 1. The van der Waals surface area contributed by atoms with Crippen molar-refractivity contribution in [3.05, 3.63) is 0 Å². The van der Waals surface area contributed by atoms with Gasteiger partial charge in [-0.05, 0) is 91.3 Å². The van der Waals surface area contributed by atoms with E-state index in [2.05, 4.69) is 27.7 Å². The molecule has 4 saturated carbocycles. The highest BCUT2D eigenvalue weighted by atomic mass is 16.3. The molecule has 0 aromatic rings. The minimum Gasteiger partial charge on any atom is -0.393 e. The molecule has 9 atom stereocenters. The Bertz CT molecular complexity index is 473. The second-order valence-electron chi connectivity index (χ2n) is 10.7. The van der Waals surface area contributed by atoms with Crippen molar-refractivity contribution in [2.75, 3.05) is 0 Å². The molecule has 0 saturated heterocycles. The largest absolute Gasteiger partial charge is 0.393 e. The standard InChI is InChI=1S/C23H40O/c1-5-15(2)21-20(24)14-19-17-10-9-16-8-6-7-12-22(16,3)18(17)11-13-23(19,21)4/h15-21,24H,5-14H2,1-4H3/t15-,16?,17-,18+,19+,20?,21+,22+,23+/m1/s1. The normalized spacial score (nSPS) is 55.4. The maximum absolute atomic E-state index is 11.0. The maximum atomic E-state index is 11.0. The monoisotopic (exact) mass is 332 g/mol. The Labute approximate surface area is 150 Å². The van der Waals surface area contributed by atoms with Crippen LogP contribution in [-0.4, -0.2) is 11.2 Å². The van der Waals surface area contributed by atoms with Gasteiger partial charge in [-0.2, -0.15) is 0 Å². The molecule has 0 aromatic heterocycles. The molecule has 0 aromatic carbocycles. The van der Waals surface area contributed by atoms with Gasteiger partial charge >= 0.3 is 0 Å². The van der Waals surface area contributed by atoms with Crippen molar-refractivity contribution >= 4 is 0 Å². The Morgan fingerprint density at radius 2 is 1.75 bits per heavy atom. The average Bonchev–Trinajstić information content (AvgIpc) is 2.84. The van der Waals surface area contributed by atoms with E-state index >= 15 is 0 Å². The van der Waals surface area contributed by atoms with Crippen LogP contribution in [0.25, 0.3) is 0 Å². The minimum absolute atomic E-state index is 0.0365. The molecular formula is C23H40O. The fourth-order valence-electron chi connectivity index (χ4n) is 8.63. The van der Waals surface area contributed by atoms with Gasteiger partial charge in [-0.25, -0.2) is 0 Å². The Morgan fingerprint density at radius 1 is 0.958 bits per heavy atom. The first-order valence-electron chi connectivity index (χ1n) is 11.1. The van der Waals surface area contributed by atoms with Crippen molar-refractivity contribution in [1.82, 2.24) is 0 Å². The lowest BCUT2D eigenvalue weighted by molar-refractivity contribution is -0.115. The molecule has 4 rings (SSSR count). The van der Waals surface area contributed by atoms with E-state index in [0.717, 1.165) is 30.1 Å². The number of rotatable bonds is 2. The molecule has 1 N–H and O–H groups in total. The second kappa shape index (κ2) is 6.00. The first-order chi connectivity index (χ1) is 11.4. The Hall–Kier alpha value is -0.0400. The van der Waals surface area contributed by atoms with Crippen LogP contribution >= 0.6 is 0 Å². The third-order valence-corrected chi connectivity index (χ3v) is 9.95. The Kier molecular flexibility index (Phi) is 4.34. The van der Waals surface area contributed by atoms with Crippen molar-refractivity contribution in [1.29, 1.82) is 0 Å². The quantitative estimate of drug-likeness (QED) is 0.652. The summed E-state index contributed by atoms with van der Waals surface area (Å²) in [5.41, 5.74) is 1.04. The summed E-state index contributed by atoms with van der Waals surface area (Å²) in [5, 5.41) is 11.0. The molecule has 0 heterocycles. The third kappa shape index (κ3) is 2.29. The Morgan fingerprint density at radius 3 is 2.50 bits per heavy atom. The van der Waals surface area contributed by atoms with Crippen LogP contribution in [0, 0.1) is 46.3 Å². The molecule has 1 heteroatoms. The van der Waals surface area contributed by atoms with Crippen LogP contribution in [0.4, 0.5) is 0 Å². The molecule has 0 radical (unpaired) electrons. The van der Waals surface area contributed by atoms with Gasteiger partial charge in [-0.15, -0.1) is 0 Å². The van der Waals surface area contributed by atoms with Gasteiger partial charge in [-0.1, -0.05) is 47.0 Å². The minimum atomic E-state index is -0.0365. The van der Waals surface area contributed by atoms with E-state index in [1.54, 1.807) is 0 Å². The maximum Gasteiger partial charge on any atom is 0.0579 e. The summed E-state index contributed by atoms with van der Waals surface area (Å²) < 4.78 is 0. The second-order valence-corrected chi connectivity index (χ2v) is 10.7. The van der Waals surface area contributed by atoms with Gasteiger partial charge < -0.3 is 5.11 Å². The molecule has 4 fully saturated rings. The molecule has 2 unspecified atom stereocenters. The van der Waals surface area contributed by atoms with E-state index in [9.17, 15) is 5.11 Å². The highest BCUT2D eigenvalue weighted by Crippen LogP contribution is 2.68. The summed E-state index contributed by atoms with van der Waals surface area (Å²) in [5.74, 6) is 4.89. The molecule has 138 valence electrons. The summed E-state index contributed by atoms with van der Waals surface area (Å²) in [6.07, 6.45) is 14.0. The highest BCUT2D eigenvalue weighted by Gasteiger charge is 2.62. The zero-order chi connectivity index (χ0) is 17.1. The SMILES string of the molecule is CC[C@@H](C)[C@H]1C(O)C[C@H]2[C@@H]3CCC4CCCC[C@]4(C)[C@H]3CC[C@]12C. The first-order valence-corrected chi connectivity index (χ1v) is 11.1. The van der Waals surface area contributed by atoms with Gasteiger partial charge in [0.1, 0.15) is 0 Å². The van der Waals surface area contributed by atoms with Crippen molar-refractivity contribution < 1.29 is 5.11 Å². The molecule has 0 spiro atoms. The lowest BCUT2D eigenvalue weighted by Gasteiger charge is -2.60. The van der Waals surface area contributed by atoms with E-state index in [1.165, 1.54) is 57.8 Å². The molecule has 4 aliphatic carbocycles. The van der Waals surface area contributed by atoms with Crippen LogP contribution < -0.4 is 0 Å². The van der Waals surface area contributed by atoms with Crippen LogP contribution in [0.2, 0.25) is 0 Å². The van der Waals surface area contributed by atoms with Crippen LogP contribution in [0.15, 0.2) is 0 Å². The summed E-state index contributed by atoms with van der Waals surface area (Å²) in [6.45, 7) is 9.94. The smallest absolute Gasteiger partial charge is 0.0579 e. The molecule has 24 heavy (non-hydrogen) atoms. The fraction of sp³-hybridized carbons (Fsp3) is 1.00. The van der Waals surface area contributed by atoms with Gasteiger partial charge in [0.2, 0.25) is 0 Å². The van der Waals surface area contributed by atoms with Gasteiger partial charge in [0.05, 0.1) is 6.10 Å². The predicted octanol–water partition coefficient (Wildman–Crippen LogP) is 6.05. The predicted molar refractivity (Wildman–Crippen MR) is 101 cm³/mol. The third-order valence-electron chi connectivity index (χ3n) is 9.95. The highest BCUT2D eigenvalue weighted by molar-refractivity contribution is 5.11. The number of aliphatic hydroxyl groups excluding tert-OH is 1. The zero-order valence-corrected chi connectivity index (χ0v) is 16.6. The topological polar surface area (TPSA) is 20.2 Å². The van der Waals surface area contributed by atoms with E-state index in [0.29, 0.717) is 22.7 Å². The molecule has 0 bridgehead atoms. The average molecular weight is 333 g/mol.